The van der Waals surface area contributed by atoms with Crippen molar-refractivity contribution in [2.45, 2.75) is 20.4 Å². The van der Waals surface area contributed by atoms with E-state index in [9.17, 15) is 22.4 Å². The van der Waals surface area contributed by atoms with Crippen LogP contribution in [0.15, 0.2) is 29.1 Å². The molecule has 0 unspecified atom stereocenters. The van der Waals surface area contributed by atoms with Gasteiger partial charge in [0.05, 0.1) is 21.8 Å². The zero-order valence-electron chi connectivity index (χ0n) is 15.6. The lowest BCUT2D eigenvalue weighted by Gasteiger charge is -2.14. The summed E-state index contributed by atoms with van der Waals surface area (Å²) in [5.74, 6) is -5.92. The molecule has 4 aromatic rings. The van der Waals surface area contributed by atoms with Gasteiger partial charge in [-0.25, -0.2) is 22.8 Å². The average Bonchev–Trinajstić information content (AvgIpc) is 3.02. The van der Waals surface area contributed by atoms with Crippen LogP contribution in [0.5, 0.6) is 0 Å². The average molecular weight is 435 g/mol. The van der Waals surface area contributed by atoms with E-state index in [-0.39, 0.29) is 18.1 Å². The van der Waals surface area contributed by atoms with Gasteiger partial charge in [0.15, 0.2) is 17.5 Å². The molecular weight excluding hydrogens is 422 g/mol. The first-order valence-corrected chi connectivity index (χ1v) is 9.46. The third kappa shape index (κ3) is 3.75. The molecule has 0 radical (unpaired) electrons. The fourth-order valence-corrected chi connectivity index (χ4v) is 3.77. The number of hydrogen-bond acceptors (Lipinski definition) is 6. The SMILES string of the molecule is Cc1nc2cc(C)c(Nc3nc(=O)c(F)nn3Cc3cc(F)c(F)c(F)c3)cc2s1. The van der Waals surface area contributed by atoms with Crippen LogP contribution in [-0.2, 0) is 6.54 Å². The zero-order chi connectivity index (χ0) is 21.6. The minimum absolute atomic E-state index is 0.0305. The first-order chi connectivity index (χ1) is 14.2. The minimum atomic E-state index is -1.61. The van der Waals surface area contributed by atoms with Crippen molar-refractivity contribution < 1.29 is 17.6 Å². The number of anilines is 2. The number of halogens is 4. The van der Waals surface area contributed by atoms with Crippen molar-refractivity contribution in [3.05, 3.63) is 74.2 Å². The maximum absolute atomic E-state index is 13.8. The van der Waals surface area contributed by atoms with Gasteiger partial charge in [-0.15, -0.1) is 16.4 Å². The Bertz CT molecular complexity index is 1330. The van der Waals surface area contributed by atoms with Gasteiger partial charge >= 0.3 is 5.56 Å². The van der Waals surface area contributed by atoms with Gasteiger partial charge < -0.3 is 5.32 Å². The molecule has 0 aliphatic heterocycles. The summed E-state index contributed by atoms with van der Waals surface area (Å²) in [4.78, 5) is 19.7. The van der Waals surface area contributed by atoms with Crippen LogP contribution in [0.25, 0.3) is 10.2 Å². The number of nitrogens with one attached hydrogen (secondary N) is 1. The molecular formula is C19H13F4N5OS. The highest BCUT2D eigenvalue weighted by Gasteiger charge is 2.16. The highest BCUT2D eigenvalue weighted by atomic mass is 32.1. The fraction of sp³-hybridized carbons (Fsp3) is 0.158. The standard InChI is InChI=1S/C19H13F4N5OS/c1-8-3-14-15(30-9(2)24-14)6-13(8)25-19-26-18(29)17(23)27-28(19)7-10-4-11(20)16(22)12(21)5-10/h3-6H,7H2,1-2H3,(H,25,26,29). The molecule has 30 heavy (non-hydrogen) atoms. The van der Waals surface area contributed by atoms with Gasteiger partial charge in [-0.1, -0.05) is 0 Å². The van der Waals surface area contributed by atoms with Crippen LogP contribution in [0.3, 0.4) is 0 Å². The molecule has 0 spiro atoms. The molecule has 0 fully saturated rings. The summed E-state index contributed by atoms with van der Waals surface area (Å²) in [7, 11) is 0. The summed E-state index contributed by atoms with van der Waals surface area (Å²) < 4.78 is 55.8. The van der Waals surface area contributed by atoms with Crippen LogP contribution in [0.1, 0.15) is 16.1 Å². The minimum Gasteiger partial charge on any atom is -0.324 e. The predicted molar refractivity (Wildman–Crippen MR) is 104 cm³/mol. The molecule has 2 heterocycles. The van der Waals surface area contributed by atoms with E-state index in [1.165, 1.54) is 11.3 Å². The van der Waals surface area contributed by atoms with Crippen LogP contribution in [0.4, 0.5) is 29.2 Å². The van der Waals surface area contributed by atoms with E-state index in [4.69, 9.17) is 0 Å². The first-order valence-electron chi connectivity index (χ1n) is 8.64. The second-order valence-corrected chi connectivity index (χ2v) is 7.79. The Hall–Kier alpha value is -3.34. The van der Waals surface area contributed by atoms with Crippen LogP contribution in [0.2, 0.25) is 0 Å². The molecule has 0 saturated heterocycles. The van der Waals surface area contributed by atoms with Crippen LogP contribution >= 0.6 is 11.3 Å². The maximum atomic E-state index is 13.8. The molecule has 1 N–H and O–H groups in total. The molecule has 2 aromatic heterocycles. The van der Waals surface area contributed by atoms with Crippen LogP contribution < -0.4 is 10.9 Å². The van der Waals surface area contributed by atoms with Gasteiger partial charge in [-0.3, -0.25) is 4.79 Å². The highest BCUT2D eigenvalue weighted by Crippen LogP contribution is 2.29. The van der Waals surface area contributed by atoms with Crippen molar-refractivity contribution in [1.82, 2.24) is 19.7 Å². The van der Waals surface area contributed by atoms with Gasteiger partial charge in [0.1, 0.15) is 0 Å². The topological polar surface area (TPSA) is 72.7 Å². The quantitative estimate of drug-likeness (QED) is 0.384. The van der Waals surface area contributed by atoms with E-state index in [0.717, 1.165) is 37.6 Å². The van der Waals surface area contributed by atoms with Crippen LogP contribution in [0, 0.1) is 37.2 Å². The summed E-state index contributed by atoms with van der Waals surface area (Å²) in [6.07, 6.45) is 0. The zero-order valence-corrected chi connectivity index (χ0v) is 16.5. The molecule has 0 atom stereocenters. The Kier molecular flexibility index (Phi) is 4.98. The predicted octanol–water partition coefficient (Wildman–Crippen LogP) is 4.21. The number of rotatable bonds is 4. The number of hydrogen-bond donors (Lipinski definition) is 1. The van der Waals surface area contributed by atoms with Gasteiger partial charge in [-0.2, -0.15) is 9.37 Å². The second kappa shape index (κ2) is 7.48. The molecule has 154 valence electrons. The molecule has 4 rings (SSSR count). The Morgan fingerprint density at radius 2 is 1.73 bits per heavy atom. The maximum Gasteiger partial charge on any atom is 0.330 e. The van der Waals surface area contributed by atoms with Gasteiger partial charge in [0.25, 0.3) is 5.95 Å². The van der Waals surface area contributed by atoms with Crippen LogP contribution in [-0.4, -0.2) is 19.7 Å². The molecule has 0 aliphatic carbocycles. The third-order valence-electron chi connectivity index (χ3n) is 4.30. The van der Waals surface area contributed by atoms with Crippen molar-refractivity contribution in [2.75, 3.05) is 5.32 Å². The Morgan fingerprint density at radius 3 is 2.43 bits per heavy atom. The smallest absolute Gasteiger partial charge is 0.324 e. The molecule has 0 saturated carbocycles. The molecule has 0 amide bonds. The number of thiazole rings is 1. The number of nitrogens with zero attached hydrogens (tertiary/aromatic N) is 4. The lowest BCUT2D eigenvalue weighted by molar-refractivity contribution is 0.442. The number of aryl methyl sites for hydroxylation is 2. The number of benzene rings is 2. The van der Waals surface area contributed by atoms with E-state index in [2.05, 4.69) is 20.4 Å². The van der Waals surface area contributed by atoms with Gasteiger partial charge in [0.2, 0.25) is 5.95 Å². The summed E-state index contributed by atoms with van der Waals surface area (Å²) in [6, 6.07) is 5.16. The number of aromatic nitrogens is 4. The highest BCUT2D eigenvalue weighted by molar-refractivity contribution is 7.18. The Balaban J connectivity index is 1.76. The second-order valence-electron chi connectivity index (χ2n) is 6.56. The van der Waals surface area contributed by atoms with Crippen molar-refractivity contribution in [1.29, 1.82) is 0 Å². The van der Waals surface area contributed by atoms with Crippen molar-refractivity contribution in [2.24, 2.45) is 0 Å². The van der Waals surface area contributed by atoms with E-state index in [1.54, 1.807) is 13.0 Å². The summed E-state index contributed by atoms with van der Waals surface area (Å²) >= 11 is 1.47. The largest absolute Gasteiger partial charge is 0.330 e. The van der Waals surface area contributed by atoms with Gasteiger partial charge in [-0.05, 0) is 49.2 Å². The van der Waals surface area contributed by atoms with E-state index in [0.29, 0.717) is 5.69 Å². The monoisotopic (exact) mass is 435 g/mol. The third-order valence-corrected chi connectivity index (χ3v) is 5.23. The van der Waals surface area contributed by atoms with Gasteiger partial charge in [0, 0.05) is 5.69 Å². The molecule has 0 aliphatic rings. The lowest BCUT2D eigenvalue weighted by Crippen LogP contribution is -2.24. The van der Waals surface area contributed by atoms with Crippen molar-refractivity contribution in [3.8, 4) is 0 Å². The van der Waals surface area contributed by atoms with Crippen molar-refractivity contribution in [3.63, 3.8) is 0 Å². The molecule has 2 aromatic carbocycles. The number of fused-ring (bicyclic) bond motifs is 1. The Morgan fingerprint density at radius 1 is 1.03 bits per heavy atom. The summed E-state index contributed by atoms with van der Waals surface area (Å²) in [5.41, 5.74) is 0.920. The fourth-order valence-electron chi connectivity index (χ4n) is 2.92. The summed E-state index contributed by atoms with van der Waals surface area (Å²) in [6.45, 7) is 3.32. The van der Waals surface area contributed by atoms with E-state index >= 15 is 0 Å². The molecule has 0 bridgehead atoms. The lowest BCUT2D eigenvalue weighted by atomic mass is 10.2. The molecule has 6 nitrogen and oxygen atoms in total. The normalized spacial score (nSPS) is 11.3. The first kappa shape index (κ1) is 20.0. The summed E-state index contributed by atoms with van der Waals surface area (Å²) in [5, 5.41) is 7.29. The van der Waals surface area contributed by atoms with E-state index in [1.807, 2.05) is 13.0 Å². The Labute approximate surface area is 170 Å². The molecule has 11 heteroatoms. The van der Waals surface area contributed by atoms with Crippen molar-refractivity contribution >= 4 is 33.2 Å². The van der Waals surface area contributed by atoms with E-state index < -0.39 is 29.0 Å².